The van der Waals surface area contributed by atoms with Gasteiger partial charge < -0.3 is 9.64 Å². The van der Waals surface area contributed by atoms with Crippen LogP contribution >= 0.6 is 12.2 Å². The molecule has 1 aromatic heterocycles. The zero-order chi connectivity index (χ0) is 18.8. The van der Waals surface area contributed by atoms with E-state index >= 15 is 0 Å². The molecule has 0 bridgehead atoms. The average Bonchev–Trinajstić information content (AvgIpc) is 2.85. The first kappa shape index (κ1) is 17.5. The number of benzene rings is 1. The zero-order valence-electron chi connectivity index (χ0n) is 13.9. The summed E-state index contributed by atoms with van der Waals surface area (Å²) in [5, 5.41) is 11.6. The average molecular weight is 370 g/mol. The maximum Gasteiger partial charge on any atom is 0.297 e. The summed E-state index contributed by atoms with van der Waals surface area (Å²) in [6.07, 6.45) is 4.87. The smallest absolute Gasteiger partial charge is 0.297 e. The molecule has 3 rings (SSSR count). The SMILES string of the molecule is COc1ccc(N2C(=O)C(=Cc3ccncc3)N(C)C2=S)c([N+](=O)[O-])c1. The Morgan fingerprint density at radius 3 is 2.58 bits per heavy atom. The Balaban J connectivity index is 2.07. The van der Waals surface area contributed by atoms with Gasteiger partial charge in [0.15, 0.2) is 5.11 Å². The van der Waals surface area contributed by atoms with E-state index in [0.29, 0.717) is 11.4 Å². The van der Waals surface area contributed by atoms with E-state index in [2.05, 4.69) is 4.98 Å². The number of thiocarbonyl (C=S) groups is 1. The normalized spacial score (nSPS) is 15.7. The van der Waals surface area contributed by atoms with E-state index in [9.17, 15) is 14.9 Å². The predicted octanol–water partition coefficient (Wildman–Crippen LogP) is 2.60. The van der Waals surface area contributed by atoms with Crippen molar-refractivity contribution in [1.29, 1.82) is 0 Å². The quantitative estimate of drug-likeness (QED) is 0.354. The molecule has 2 heterocycles. The highest BCUT2D eigenvalue weighted by molar-refractivity contribution is 7.80. The van der Waals surface area contributed by atoms with Crippen LogP contribution in [-0.2, 0) is 4.79 Å². The first-order valence-corrected chi connectivity index (χ1v) is 7.91. The Kier molecular flexibility index (Phi) is 4.63. The van der Waals surface area contributed by atoms with Gasteiger partial charge in [-0.2, -0.15) is 0 Å². The number of carbonyl (C=O) groups excluding carboxylic acids is 1. The predicted molar refractivity (Wildman–Crippen MR) is 99.7 cm³/mol. The molecule has 1 amide bonds. The van der Waals surface area contributed by atoms with E-state index in [1.807, 2.05) is 0 Å². The molecule has 9 heteroatoms. The van der Waals surface area contributed by atoms with E-state index in [1.54, 1.807) is 43.7 Å². The lowest BCUT2D eigenvalue weighted by Gasteiger charge is -2.16. The number of amides is 1. The number of nitro benzene ring substituents is 1. The molecular weight excluding hydrogens is 356 g/mol. The molecule has 0 atom stereocenters. The van der Waals surface area contributed by atoms with Gasteiger partial charge in [0.2, 0.25) is 0 Å². The van der Waals surface area contributed by atoms with Crippen molar-refractivity contribution in [2.75, 3.05) is 19.1 Å². The summed E-state index contributed by atoms with van der Waals surface area (Å²) < 4.78 is 5.03. The fraction of sp³-hybridized carbons (Fsp3) is 0.118. The number of rotatable bonds is 4. The number of nitro groups is 1. The van der Waals surface area contributed by atoms with Crippen LogP contribution in [0.15, 0.2) is 48.4 Å². The summed E-state index contributed by atoms with van der Waals surface area (Å²) >= 11 is 5.35. The molecule has 26 heavy (non-hydrogen) atoms. The van der Waals surface area contributed by atoms with Gasteiger partial charge in [-0.25, -0.2) is 4.90 Å². The number of ether oxygens (including phenoxy) is 1. The van der Waals surface area contributed by atoms with E-state index in [-0.39, 0.29) is 16.5 Å². The monoisotopic (exact) mass is 370 g/mol. The molecular formula is C17H14N4O4S. The highest BCUT2D eigenvalue weighted by Gasteiger charge is 2.39. The summed E-state index contributed by atoms with van der Waals surface area (Å²) in [7, 11) is 3.05. The third-order valence-corrected chi connectivity index (χ3v) is 4.35. The molecule has 0 N–H and O–H groups in total. The Hall–Kier alpha value is -3.33. The number of anilines is 1. The van der Waals surface area contributed by atoms with Gasteiger partial charge in [-0.3, -0.25) is 19.9 Å². The second kappa shape index (κ2) is 6.89. The van der Waals surface area contributed by atoms with Gasteiger partial charge in [-0.1, -0.05) is 0 Å². The van der Waals surface area contributed by atoms with Crippen molar-refractivity contribution < 1.29 is 14.5 Å². The minimum absolute atomic E-state index is 0.0933. The van der Waals surface area contributed by atoms with Gasteiger partial charge in [0.25, 0.3) is 11.6 Å². The third kappa shape index (κ3) is 3.00. The highest BCUT2D eigenvalue weighted by Crippen LogP contribution is 2.36. The first-order valence-electron chi connectivity index (χ1n) is 7.50. The Morgan fingerprint density at radius 2 is 1.96 bits per heavy atom. The van der Waals surface area contributed by atoms with E-state index < -0.39 is 10.8 Å². The van der Waals surface area contributed by atoms with E-state index in [0.717, 1.165) is 10.5 Å². The Labute approximate surface area is 154 Å². The maximum absolute atomic E-state index is 12.9. The molecule has 2 aromatic rings. The fourth-order valence-corrected chi connectivity index (χ4v) is 2.83. The summed E-state index contributed by atoms with van der Waals surface area (Å²) in [5.74, 6) is -0.124. The Morgan fingerprint density at radius 1 is 1.27 bits per heavy atom. The van der Waals surface area contributed by atoms with Crippen LogP contribution in [0.1, 0.15) is 5.56 Å². The van der Waals surface area contributed by atoms with Crippen molar-refractivity contribution in [2.24, 2.45) is 0 Å². The molecule has 0 radical (unpaired) electrons. The Bertz CT molecular complexity index is 930. The number of likely N-dealkylation sites (N-methyl/N-ethyl adjacent to an activating group) is 1. The fourth-order valence-electron chi connectivity index (χ4n) is 2.55. The first-order chi connectivity index (χ1) is 12.4. The van der Waals surface area contributed by atoms with Gasteiger partial charge in [0.1, 0.15) is 17.1 Å². The minimum Gasteiger partial charge on any atom is -0.496 e. The van der Waals surface area contributed by atoms with Crippen LogP contribution in [0, 0.1) is 10.1 Å². The van der Waals surface area contributed by atoms with Crippen molar-refractivity contribution in [3.63, 3.8) is 0 Å². The molecule has 8 nitrogen and oxygen atoms in total. The van der Waals surface area contributed by atoms with Crippen molar-refractivity contribution in [1.82, 2.24) is 9.88 Å². The van der Waals surface area contributed by atoms with Gasteiger partial charge >= 0.3 is 0 Å². The van der Waals surface area contributed by atoms with Crippen LogP contribution in [-0.4, -0.2) is 40.0 Å². The standard InChI is InChI=1S/C17H14N4O4S/c1-19-15(9-11-5-7-18-8-6-11)16(22)20(17(19)26)13-4-3-12(25-2)10-14(13)21(23)24/h3-10H,1-2H3. The second-order valence-electron chi connectivity index (χ2n) is 5.40. The number of hydrogen-bond donors (Lipinski definition) is 0. The van der Waals surface area contributed by atoms with Gasteiger partial charge in [0.05, 0.1) is 18.1 Å². The van der Waals surface area contributed by atoms with Crippen LogP contribution in [0.3, 0.4) is 0 Å². The van der Waals surface area contributed by atoms with E-state index in [1.165, 1.54) is 24.1 Å². The lowest BCUT2D eigenvalue weighted by Crippen LogP contribution is -2.31. The van der Waals surface area contributed by atoms with Crippen molar-refractivity contribution in [3.8, 4) is 5.75 Å². The molecule has 1 aliphatic heterocycles. The van der Waals surface area contributed by atoms with Crippen molar-refractivity contribution in [2.45, 2.75) is 0 Å². The highest BCUT2D eigenvalue weighted by atomic mass is 32.1. The van der Waals surface area contributed by atoms with Crippen LogP contribution in [0.5, 0.6) is 5.75 Å². The van der Waals surface area contributed by atoms with Crippen LogP contribution in [0.25, 0.3) is 6.08 Å². The summed E-state index contributed by atoms with van der Waals surface area (Å²) in [6.45, 7) is 0. The number of pyridine rings is 1. The third-order valence-electron chi connectivity index (χ3n) is 3.89. The van der Waals surface area contributed by atoms with Gasteiger partial charge in [-0.15, -0.1) is 0 Å². The molecule has 1 saturated heterocycles. The van der Waals surface area contributed by atoms with Crippen LogP contribution < -0.4 is 9.64 Å². The largest absolute Gasteiger partial charge is 0.496 e. The number of carbonyl (C=O) groups is 1. The van der Waals surface area contributed by atoms with Crippen LogP contribution in [0.4, 0.5) is 11.4 Å². The molecule has 1 aliphatic rings. The topological polar surface area (TPSA) is 88.8 Å². The minimum atomic E-state index is -0.571. The van der Waals surface area contributed by atoms with Crippen molar-refractivity contribution >= 4 is 40.7 Å². The number of nitrogens with zero attached hydrogens (tertiary/aromatic N) is 4. The summed E-state index contributed by atoms with van der Waals surface area (Å²) in [4.78, 5) is 30.4. The molecule has 1 fully saturated rings. The lowest BCUT2D eigenvalue weighted by atomic mass is 10.2. The van der Waals surface area contributed by atoms with Gasteiger partial charge in [0, 0.05) is 19.4 Å². The molecule has 132 valence electrons. The molecule has 0 aliphatic carbocycles. The molecule has 0 unspecified atom stereocenters. The number of hydrogen-bond acceptors (Lipinski definition) is 6. The van der Waals surface area contributed by atoms with Gasteiger partial charge in [-0.05, 0) is 48.1 Å². The van der Waals surface area contributed by atoms with E-state index in [4.69, 9.17) is 17.0 Å². The maximum atomic E-state index is 12.9. The molecule has 0 saturated carbocycles. The number of methoxy groups -OCH3 is 1. The lowest BCUT2D eigenvalue weighted by molar-refractivity contribution is -0.384. The second-order valence-corrected chi connectivity index (χ2v) is 5.77. The van der Waals surface area contributed by atoms with Crippen LogP contribution in [0.2, 0.25) is 0 Å². The summed E-state index contributed by atoms with van der Waals surface area (Å²) in [5.41, 5.74) is 0.907. The molecule has 1 aromatic carbocycles. The summed E-state index contributed by atoms with van der Waals surface area (Å²) in [6, 6.07) is 7.74. The zero-order valence-corrected chi connectivity index (χ0v) is 14.8. The number of aromatic nitrogens is 1. The van der Waals surface area contributed by atoms with Crippen molar-refractivity contribution in [3.05, 3.63) is 64.1 Å². The molecule has 0 spiro atoms.